The van der Waals surface area contributed by atoms with Crippen molar-refractivity contribution in [3.05, 3.63) is 58.6 Å². The van der Waals surface area contributed by atoms with Crippen molar-refractivity contribution in [2.24, 2.45) is 0 Å². The topological polar surface area (TPSA) is 85.3 Å². The summed E-state index contributed by atoms with van der Waals surface area (Å²) in [4.78, 5) is 12.0. The van der Waals surface area contributed by atoms with E-state index in [0.717, 1.165) is 24.5 Å². The lowest BCUT2D eigenvalue weighted by Crippen LogP contribution is -2.32. The number of ketones is 1. The van der Waals surface area contributed by atoms with Crippen molar-refractivity contribution in [1.29, 1.82) is 0 Å². The Labute approximate surface area is 190 Å². The van der Waals surface area contributed by atoms with E-state index in [0.29, 0.717) is 6.07 Å². The van der Waals surface area contributed by atoms with Crippen molar-refractivity contribution >= 4 is 37.1 Å². The van der Waals surface area contributed by atoms with Crippen LogP contribution in [-0.4, -0.2) is 33.6 Å². The third-order valence-corrected chi connectivity index (χ3v) is 9.02. The third-order valence-electron chi connectivity index (χ3n) is 5.05. The van der Waals surface area contributed by atoms with Gasteiger partial charge in [-0.05, 0) is 63.1 Å². The van der Waals surface area contributed by atoms with Gasteiger partial charge < -0.3 is 0 Å². The van der Waals surface area contributed by atoms with E-state index in [-0.39, 0.29) is 34.7 Å². The number of carbonyl (C=O) groups excluding carboxylic acids is 1. The molecule has 0 unspecified atom stereocenters. The minimum absolute atomic E-state index is 0.00753. The van der Waals surface area contributed by atoms with Crippen LogP contribution in [-0.2, 0) is 25.9 Å². The van der Waals surface area contributed by atoms with E-state index in [2.05, 4.69) is 0 Å². The normalized spacial score (nSPS) is 13.2. The van der Waals surface area contributed by atoms with Crippen LogP contribution < -0.4 is 0 Å². The molecule has 0 spiro atoms. The second-order valence-corrected chi connectivity index (χ2v) is 13.0. The molecule has 0 fully saturated rings. The Morgan fingerprint density at radius 2 is 1.59 bits per heavy atom. The van der Waals surface area contributed by atoms with E-state index in [1.807, 2.05) is 0 Å². The highest BCUT2D eigenvalue weighted by atomic mass is 35.5. The fourth-order valence-electron chi connectivity index (χ4n) is 3.05. The molecule has 2 rings (SSSR count). The molecule has 0 aliphatic rings. The zero-order valence-electron chi connectivity index (χ0n) is 17.5. The molecule has 11 heteroatoms. The summed E-state index contributed by atoms with van der Waals surface area (Å²) in [5.74, 6) is -0.465. The van der Waals surface area contributed by atoms with Gasteiger partial charge in [-0.25, -0.2) is 16.8 Å². The summed E-state index contributed by atoms with van der Waals surface area (Å²) >= 11 is 6.01. The number of sulfone groups is 2. The average Bonchev–Trinajstić information content (AvgIpc) is 2.66. The average molecular weight is 511 g/mol. The van der Waals surface area contributed by atoms with Crippen LogP contribution >= 0.6 is 11.6 Å². The second-order valence-electron chi connectivity index (χ2n) is 7.98. The second kappa shape index (κ2) is 9.15. The summed E-state index contributed by atoms with van der Waals surface area (Å²) < 4.78 is 86.7. The van der Waals surface area contributed by atoms with Gasteiger partial charge in [-0.3, -0.25) is 4.79 Å². The van der Waals surface area contributed by atoms with Crippen molar-refractivity contribution < 1.29 is 34.8 Å². The van der Waals surface area contributed by atoms with E-state index in [4.69, 9.17) is 11.6 Å². The molecule has 0 amide bonds. The monoisotopic (exact) mass is 510 g/mol. The van der Waals surface area contributed by atoms with Gasteiger partial charge in [-0.15, -0.1) is 0 Å². The van der Waals surface area contributed by atoms with Gasteiger partial charge in [0.15, 0.2) is 25.5 Å². The van der Waals surface area contributed by atoms with Crippen LogP contribution in [0.1, 0.15) is 49.0 Å². The number of hydrogen-bond acceptors (Lipinski definition) is 5. The largest absolute Gasteiger partial charge is 0.416 e. The number of halogens is 4. The Kier molecular flexibility index (Phi) is 7.53. The lowest BCUT2D eigenvalue weighted by Gasteiger charge is -2.25. The van der Waals surface area contributed by atoms with Gasteiger partial charge in [0.25, 0.3) is 0 Å². The predicted octanol–water partition coefficient (Wildman–Crippen LogP) is 5.37. The molecular weight excluding hydrogens is 489 g/mol. The molecule has 0 aromatic heterocycles. The molecular formula is C21H22ClF3O5S2. The van der Waals surface area contributed by atoms with Crippen LogP contribution in [0.2, 0.25) is 5.02 Å². The minimum atomic E-state index is -4.68. The molecule has 0 aliphatic carbocycles. The van der Waals surface area contributed by atoms with E-state index in [1.165, 1.54) is 32.0 Å². The van der Waals surface area contributed by atoms with Crippen LogP contribution in [0.15, 0.2) is 52.3 Å². The fourth-order valence-corrected chi connectivity index (χ4v) is 5.51. The van der Waals surface area contributed by atoms with Gasteiger partial charge in [0.2, 0.25) is 0 Å². The predicted molar refractivity (Wildman–Crippen MR) is 115 cm³/mol. The van der Waals surface area contributed by atoms with Gasteiger partial charge in [0.1, 0.15) is 0 Å². The highest BCUT2D eigenvalue weighted by Crippen LogP contribution is 2.35. The quantitative estimate of drug-likeness (QED) is 0.446. The van der Waals surface area contributed by atoms with E-state index >= 15 is 0 Å². The first-order chi connectivity index (χ1) is 14.5. The van der Waals surface area contributed by atoms with Crippen molar-refractivity contribution in [3.63, 3.8) is 0 Å². The molecule has 0 bridgehead atoms. The number of rotatable bonds is 8. The van der Waals surface area contributed by atoms with Gasteiger partial charge >= 0.3 is 6.18 Å². The van der Waals surface area contributed by atoms with Gasteiger partial charge in [0, 0.05) is 18.2 Å². The van der Waals surface area contributed by atoms with Crippen molar-refractivity contribution in [2.45, 2.75) is 53.8 Å². The first-order valence-corrected chi connectivity index (χ1v) is 13.2. The summed E-state index contributed by atoms with van der Waals surface area (Å²) in [5, 5.41) is 0.0678. The van der Waals surface area contributed by atoms with Crippen molar-refractivity contribution in [3.8, 4) is 0 Å². The zero-order valence-corrected chi connectivity index (χ0v) is 19.9. The molecule has 5 nitrogen and oxygen atoms in total. The zero-order chi connectivity index (χ0) is 24.5. The van der Waals surface area contributed by atoms with Crippen molar-refractivity contribution in [2.75, 3.05) is 6.26 Å². The fraction of sp³-hybridized carbons (Fsp3) is 0.381. The molecule has 0 saturated heterocycles. The maximum Gasteiger partial charge on any atom is 0.416 e. The Morgan fingerprint density at radius 3 is 2.16 bits per heavy atom. The first-order valence-electron chi connectivity index (χ1n) is 9.41. The summed E-state index contributed by atoms with van der Waals surface area (Å²) in [6, 6.07) is 7.27. The number of benzene rings is 2. The third kappa shape index (κ3) is 5.90. The standard InChI is InChI=1S/C21H22ClF3O5S2/c1-20(2,32(29,30)16-7-4-6-14(12-16)21(23,24)25)11-5-8-19(26)17-13-15(31(3,27)28)9-10-18(17)22/h4,6-7,9-10,12-13H,5,8,11H2,1-3H3. The summed E-state index contributed by atoms with van der Waals surface area (Å²) in [5.41, 5.74) is -1.06. The lowest BCUT2D eigenvalue weighted by atomic mass is 10.0. The van der Waals surface area contributed by atoms with E-state index in [1.54, 1.807) is 0 Å². The van der Waals surface area contributed by atoms with Crippen LogP contribution in [0.25, 0.3) is 0 Å². The Balaban J connectivity index is 2.18. The number of Topliss-reactive ketones (excluding diaryl/α,β-unsaturated/α-hetero) is 1. The Hall–Kier alpha value is -1.91. The number of hydrogen-bond donors (Lipinski definition) is 0. The Bertz CT molecular complexity index is 1230. The lowest BCUT2D eigenvalue weighted by molar-refractivity contribution is -0.137. The molecule has 0 N–H and O–H groups in total. The summed E-state index contributed by atoms with van der Waals surface area (Å²) in [6.07, 6.45) is -3.72. The van der Waals surface area contributed by atoms with Crippen LogP contribution in [0.5, 0.6) is 0 Å². The van der Waals surface area contributed by atoms with Gasteiger partial charge in [-0.2, -0.15) is 13.2 Å². The molecule has 0 radical (unpaired) electrons. The Morgan fingerprint density at radius 1 is 0.969 bits per heavy atom. The van der Waals surface area contributed by atoms with Crippen LogP contribution in [0, 0.1) is 0 Å². The first kappa shape index (κ1) is 26.3. The summed E-state index contributed by atoms with van der Waals surface area (Å²) in [7, 11) is -7.69. The summed E-state index contributed by atoms with van der Waals surface area (Å²) in [6.45, 7) is 2.76. The molecule has 32 heavy (non-hydrogen) atoms. The van der Waals surface area contributed by atoms with E-state index < -0.39 is 46.8 Å². The smallest absolute Gasteiger partial charge is 0.294 e. The maximum atomic E-state index is 13.0. The van der Waals surface area contributed by atoms with Gasteiger partial charge in [0.05, 0.1) is 25.1 Å². The van der Waals surface area contributed by atoms with Crippen LogP contribution in [0.4, 0.5) is 13.2 Å². The maximum absolute atomic E-state index is 13.0. The van der Waals surface area contributed by atoms with Crippen molar-refractivity contribution in [1.82, 2.24) is 0 Å². The van der Waals surface area contributed by atoms with E-state index in [9.17, 15) is 34.8 Å². The van der Waals surface area contributed by atoms with Crippen LogP contribution in [0.3, 0.4) is 0 Å². The van der Waals surface area contributed by atoms with Gasteiger partial charge in [-0.1, -0.05) is 17.7 Å². The highest BCUT2D eigenvalue weighted by Gasteiger charge is 2.38. The molecule has 0 heterocycles. The molecule has 0 aliphatic heterocycles. The number of alkyl halides is 3. The molecule has 176 valence electrons. The SMILES string of the molecule is CC(C)(CCCC(=O)c1cc(S(C)(=O)=O)ccc1Cl)S(=O)(=O)c1cccc(C(F)(F)F)c1. The minimum Gasteiger partial charge on any atom is -0.294 e. The molecule has 2 aromatic rings. The molecule has 0 atom stereocenters. The molecule has 0 saturated carbocycles. The molecule has 2 aromatic carbocycles. The highest BCUT2D eigenvalue weighted by molar-refractivity contribution is 7.92. The number of carbonyl (C=O) groups is 1.